The summed E-state index contributed by atoms with van der Waals surface area (Å²) in [4.78, 5) is 12.8. The summed E-state index contributed by atoms with van der Waals surface area (Å²) >= 11 is 5.99. The van der Waals surface area contributed by atoms with Crippen LogP contribution in [0.4, 0.5) is 5.69 Å². The molecule has 0 saturated carbocycles. The molecular weight excluding hydrogens is 388 g/mol. The zero-order valence-corrected chi connectivity index (χ0v) is 17.2. The van der Waals surface area contributed by atoms with Crippen molar-refractivity contribution >= 4 is 33.2 Å². The first-order valence-electron chi connectivity index (χ1n) is 8.33. The molecule has 0 aliphatic rings. The van der Waals surface area contributed by atoms with Crippen LogP contribution in [-0.2, 0) is 14.8 Å². The number of ether oxygens (including phenoxy) is 1. The molecule has 27 heavy (non-hydrogen) atoms. The molecule has 2 rings (SSSR count). The molecule has 6 nitrogen and oxygen atoms in total. The van der Waals surface area contributed by atoms with Gasteiger partial charge in [0.2, 0.25) is 15.9 Å². The number of sulfonamides is 1. The van der Waals surface area contributed by atoms with E-state index in [0.29, 0.717) is 16.5 Å². The van der Waals surface area contributed by atoms with E-state index in [1.165, 1.54) is 13.0 Å². The number of hydrogen-bond donors (Lipinski definition) is 1. The number of halogens is 1. The molecule has 0 spiro atoms. The number of methoxy groups -OCH3 is 1. The maximum Gasteiger partial charge on any atom is 0.244 e. The zero-order chi connectivity index (χ0) is 20.2. The van der Waals surface area contributed by atoms with Crippen LogP contribution in [0, 0.1) is 0 Å². The van der Waals surface area contributed by atoms with Crippen LogP contribution in [0.15, 0.2) is 48.5 Å². The number of benzene rings is 2. The van der Waals surface area contributed by atoms with Gasteiger partial charge in [0.25, 0.3) is 0 Å². The smallest absolute Gasteiger partial charge is 0.244 e. The molecule has 2 aromatic rings. The van der Waals surface area contributed by atoms with Crippen molar-refractivity contribution in [1.29, 1.82) is 0 Å². The standard InChI is InChI=1S/C19H23ClN2O4S/c1-13(17-10-5-6-11-18(17)26-3)21-19(23)14(2)22(27(4,24)25)16-9-7-8-15(20)12-16/h5-14H,1-4H3,(H,21,23)/t13-,14+/m1/s1. The monoisotopic (exact) mass is 410 g/mol. The van der Waals surface area contributed by atoms with Crippen molar-refractivity contribution in [2.45, 2.75) is 25.9 Å². The summed E-state index contributed by atoms with van der Waals surface area (Å²) in [5.41, 5.74) is 1.13. The molecule has 2 atom stereocenters. The number of carbonyl (C=O) groups is 1. The zero-order valence-electron chi connectivity index (χ0n) is 15.6. The third-order valence-electron chi connectivity index (χ3n) is 4.12. The van der Waals surface area contributed by atoms with Gasteiger partial charge in [0.05, 0.1) is 25.1 Å². The Balaban J connectivity index is 2.27. The summed E-state index contributed by atoms with van der Waals surface area (Å²) in [5, 5.41) is 3.23. The molecule has 0 bridgehead atoms. The van der Waals surface area contributed by atoms with E-state index in [4.69, 9.17) is 16.3 Å². The van der Waals surface area contributed by atoms with Crippen LogP contribution in [0.25, 0.3) is 0 Å². The molecule has 0 unspecified atom stereocenters. The fourth-order valence-corrected chi connectivity index (χ4v) is 4.21. The minimum absolute atomic E-state index is 0.331. The van der Waals surface area contributed by atoms with Crippen molar-refractivity contribution < 1.29 is 17.9 Å². The SMILES string of the molecule is COc1ccccc1[C@@H](C)NC(=O)[C@H](C)N(c1cccc(Cl)c1)S(C)(=O)=O. The van der Waals surface area contributed by atoms with Crippen LogP contribution in [-0.4, -0.2) is 33.7 Å². The van der Waals surface area contributed by atoms with E-state index in [9.17, 15) is 13.2 Å². The Bertz CT molecular complexity index is 917. The van der Waals surface area contributed by atoms with E-state index in [1.807, 2.05) is 25.1 Å². The predicted molar refractivity (Wildman–Crippen MR) is 108 cm³/mol. The number of nitrogens with zero attached hydrogens (tertiary/aromatic N) is 1. The number of carbonyl (C=O) groups excluding carboxylic acids is 1. The highest BCUT2D eigenvalue weighted by molar-refractivity contribution is 7.92. The first-order chi connectivity index (χ1) is 12.6. The number of nitrogens with one attached hydrogen (secondary N) is 1. The quantitative estimate of drug-likeness (QED) is 0.759. The number of hydrogen-bond acceptors (Lipinski definition) is 4. The highest BCUT2D eigenvalue weighted by Crippen LogP contribution is 2.26. The van der Waals surface area contributed by atoms with Crippen molar-refractivity contribution in [1.82, 2.24) is 5.32 Å². The molecule has 2 aromatic carbocycles. The van der Waals surface area contributed by atoms with Gasteiger partial charge in [-0.1, -0.05) is 35.9 Å². The molecular formula is C19H23ClN2O4S. The molecule has 0 radical (unpaired) electrons. The third kappa shape index (κ3) is 5.14. The molecule has 8 heteroatoms. The molecule has 0 fully saturated rings. The topological polar surface area (TPSA) is 75.7 Å². The van der Waals surface area contributed by atoms with Crippen molar-refractivity contribution in [3.8, 4) is 5.75 Å². The minimum atomic E-state index is -3.70. The largest absolute Gasteiger partial charge is 0.496 e. The average molecular weight is 411 g/mol. The van der Waals surface area contributed by atoms with Gasteiger partial charge >= 0.3 is 0 Å². The number of anilines is 1. The molecule has 0 aliphatic heterocycles. The molecule has 0 aliphatic carbocycles. The first kappa shape index (κ1) is 21.1. The molecule has 146 valence electrons. The van der Waals surface area contributed by atoms with Gasteiger partial charge in [0, 0.05) is 10.6 Å². The lowest BCUT2D eigenvalue weighted by atomic mass is 10.1. The lowest BCUT2D eigenvalue weighted by molar-refractivity contribution is -0.122. The molecule has 1 amide bonds. The lowest BCUT2D eigenvalue weighted by Crippen LogP contribution is -2.48. The number of rotatable bonds is 7. The maximum absolute atomic E-state index is 12.8. The van der Waals surface area contributed by atoms with Crippen molar-refractivity contribution in [3.05, 3.63) is 59.1 Å². The molecule has 0 aromatic heterocycles. The van der Waals surface area contributed by atoms with E-state index in [0.717, 1.165) is 16.1 Å². The van der Waals surface area contributed by atoms with Crippen molar-refractivity contribution in [3.63, 3.8) is 0 Å². The predicted octanol–water partition coefficient (Wildman–Crippen LogP) is 3.38. The van der Waals surface area contributed by atoms with Crippen LogP contribution in [0.3, 0.4) is 0 Å². The fourth-order valence-electron chi connectivity index (χ4n) is 2.86. The van der Waals surface area contributed by atoms with E-state index in [1.54, 1.807) is 31.4 Å². The average Bonchev–Trinajstić information content (AvgIpc) is 2.60. The van der Waals surface area contributed by atoms with Gasteiger partial charge in [-0.3, -0.25) is 9.10 Å². The van der Waals surface area contributed by atoms with Crippen LogP contribution in [0.2, 0.25) is 5.02 Å². The summed E-state index contributed by atoms with van der Waals surface area (Å²) in [6.07, 6.45) is 1.06. The fraction of sp³-hybridized carbons (Fsp3) is 0.316. The summed E-state index contributed by atoms with van der Waals surface area (Å²) < 4.78 is 31.0. The van der Waals surface area contributed by atoms with E-state index in [-0.39, 0.29) is 6.04 Å². The van der Waals surface area contributed by atoms with Gasteiger partial charge in [0.1, 0.15) is 11.8 Å². The number of amides is 1. The Morgan fingerprint density at radius 3 is 2.41 bits per heavy atom. The number of para-hydroxylation sites is 1. The third-order valence-corrected chi connectivity index (χ3v) is 5.59. The second-order valence-corrected chi connectivity index (χ2v) is 8.48. The first-order valence-corrected chi connectivity index (χ1v) is 10.6. The molecule has 0 saturated heterocycles. The highest BCUT2D eigenvalue weighted by atomic mass is 35.5. The maximum atomic E-state index is 12.8. The van der Waals surface area contributed by atoms with Crippen LogP contribution >= 0.6 is 11.6 Å². The van der Waals surface area contributed by atoms with E-state index >= 15 is 0 Å². The van der Waals surface area contributed by atoms with Gasteiger partial charge in [-0.2, -0.15) is 0 Å². The van der Waals surface area contributed by atoms with Gasteiger partial charge in [-0.15, -0.1) is 0 Å². The van der Waals surface area contributed by atoms with E-state index in [2.05, 4.69) is 5.32 Å². The summed E-state index contributed by atoms with van der Waals surface area (Å²) in [6, 6.07) is 12.4. The summed E-state index contributed by atoms with van der Waals surface area (Å²) in [6.45, 7) is 3.35. The van der Waals surface area contributed by atoms with Crippen LogP contribution in [0.5, 0.6) is 5.75 Å². The Morgan fingerprint density at radius 2 is 1.81 bits per heavy atom. The second-order valence-electron chi connectivity index (χ2n) is 6.19. The Kier molecular flexibility index (Phi) is 6.73. The Morgan fingerprint density at radius 1 is 1.15 bits per heavy atom. The molecule has 0 heterocycles. The van der Waals surface area contributed by atoms with Gasteiger partial charge in [-0.25, -0.2) is 8.42 Å². The Labute approximate surface area is 165 Å². The summed E-state index contributed by atoms with van der Waals surface area (Å²) in [7, 11) is -2.15. The lowest BCUT2D eigenvalue weighted by Gasteiger charge is -2.29. The van der Waals surface area contributed by atoms with Crippen LogP contribution in [0.1, 0.15) is 25.5 Å². The van der Waals surface area contributed by atoms with Crippen molar-refractivity contribution in [2.24, 2.45) is 0 Å². The Hall–Kier alpha value is -2.25. The van der Waals surface area contributed by atoms with Crippen LogP contribution < -0.4 is 14.4 Å². The van der Waals surface area contributed by atoms with Gasteiger partial charge in [0.15, 0.2) is 0 Å². The van der Waals surface area contributed by atoms with Gasteiger partial charge < -0.3 is 10.1 Å². The van der Waals surface area contributed by atoms with Crippen molar-refractivity contribution in [2.75, 3.05) is 17.7 Å². The molecule has 1 N–H and O–H groups in total. The highest BCUT2D eigenvalue weighted by Gasteiger charge is 2.30. The van der Waals surface area contributed by atoms with Gasteiger partial charge in [-0.05, 0) is 38.1 Å². The normalized spacial score (nSPS) is 13.5. The minimum Gasteiger partial charge on any atom is -0.496 e. The second kappa shape index (κ2) is 8.63. The summed E-state index contributed by atoms with van der Waals surface area (Å²) in [5.74, 6) is 0.214. The van der Waals surface area contributed by atoms with E-state index < -0.39 is 22.0 Å².